The smallest absolute Gasteiger partial charge is 0.331 e. The molecule has 0 amide bonds. The van der Waals surface area contributed by atoms with Crippen LogP contribution >= 0.6 is 0 Å². The predicted octanol–water partition coefficient (Wildman–Crippen LogP) is 6.61. The topological polar surface area (TPSA) is 104 Å². The molecular formula is C32H58N4O5. The Hall–Kier alpha value is -2.42. The average molecular weight is 579 g/mol. The molecule has 0 bridgehead atoms. The number of rotatable bonds is 22. The van der Waals surface area contributed by atoms with Crippen molar-refractivity contribution in [3.8, 4) is 11.8 Å². The highest BCUT2D eigenvalue weighted by Crippen LogP contribution is 2.38. The molecule has 236 valence electrons. The van der Waals surface area contributed by atoms with Gasteiger partial charge in [0, 0.05) is 32.8 Å². The third-order valence-electron chi connectivity index (χ3n) is 9.70. The predicted molar refractivity (Wildman–Crippen MR) is 166 cm³/mol. The molecule has 41 heavy (non-hydrogen) atoms. The maximum absolute atomic E-state index is 12.8. The van der Waals surface area contributed by atoms with Gasteiger partial charge in [0.1, 0.15) is 0 Å². The fourth-order valence-electron chi connectivity index (χ4n) is 6.45. The molecule has 2 N–H and O–H groups in total. The molecule has 2 rings (SSSR count). The summed E-state index contributed by atoms with van der Waals surface area (Å²) in [6.07, 6.45) is 16.2. The van der Waals surface area contributed by atoms with E-state index in [2.05, 4.69) is 27.7 Å². The number of aromatic hydroxyl groups is 2. The molecule has 2 aromatic rings. The normalized spacial score (nSPS) is 12.4. The van der Waals surface area contributed by atoms with Crippen molar-refractivity contribution in [1.29, 1.82) is 0 Å². The Morgan fingerprint density at radius 1 is 0.659 bits per heavy atom. The third-order valence-corrected chi connectivity index (χ3v) is 9.70. The van der Waals surface area contributed by atoms with Crippen LogP contribution in [0.25, 0.3) is 0 Å². The highest BCUT2D eigenvalue weighted by Gasteiger charge is 2.32. The minimum atomic E-state index is -0.359. The summed E-state index contributed by atoms with van der Waals surface area (Å²) in [7, 11) is 0. The van der Waals surface area contributed by atoms with Gasteiger partial charge in [0.25, 0.3) is 0 Å². The van der Waals surface area contributed by atoms with Crippen LogP contribution in [-0.4, -0.2) is 41.7 Å². The van der Waals surface area contributed by atoms with Crippen molar-refractivity contribution in [3.05, 3.63) is 33.4 Å². The van der Waals surface area contributed by atoms with Crippen LogP contribution in [0.1, 0.15) is 125 Å². The van der Waals surface area contributed by atoms with E-state index in [1.165, 1.54) is 17.2 Å². The van der Waals surface area contributed by atoms with Crippen molar-refractivity contribution >= 4 is 0 Å². The van der Waals surface area contributed by atoms with Crippen molar-refractivity contribution < 1.29 is 14.9 Å². The monoisotopic (exact) mass is 578 g/mol. The lowest BCUT2D eigenvalue weighted by atomic mass is 9.74. The summed E-state index contributed by atoms with van der Waals surface area (Å²) in [5.41, 5.74) is -0.283. The average Bonchev–Trinajstić information content (AvgIpc) is 3.44. The molecule has 2 aromatic heterocycles. The maximum atomic E-state index is 12.8. The first-order valence-electron chi connectivity index (χ1n) is 16.3. The Morgan fingerprint density at radius 2 is 1.17 bits per heavy atom. The van der Waals surface area contributed by atoms with Crippen molar-refractivity contribution in [1.82, 2.24) is 18.3 Å². The molecule has 0 atom stereocenters. The zero-order valence-electron chi connectivity index (χ0n) is 26.8. The summed E-state index contributed by atoms with van der Waals surface area (Å²) in [5.74, 6) is 0.124. The lowest BCUT2D eigenvalue weighted by molar-refractivity contribution is 0.114. The van der Waals surface area contributed by atoms with Gasteiger partial charge in [0.05, 0.1) is 17.9 Å². The number of unbranched alkanes of at least 4 members (excludes halogenated alkanes) is 3. The number of imidazole rings is 2. The molecule has 0 saturated heterocycles. The molecule has 0 saturated carbocycles. The molecule has 9 nitrogen and oxygen atoms in total. The van der Waals surface area contributed by atoms with Crippen molar-refractivity contribution in [2.45, 2.75) is 150 Å². The summed E-state index contributed by atoms with van der Waals surface area (Å²) >= 11 is 0. The molecule has 0 aliphatic rings. The van der Waals surface area contributed by atoms with Crippen LogP contribution in [-0.2, 0) is 29.9 Å². The van der Waals surface area contributed by atoms with E-state index >= 15 is 0 Å². The maximum Gasteiger partial charge on any atom is 0.331 e. The minimum absolute atomic E-state index is 0.0607. The first-order valence-corrected chi connectivity index (χ1v) is 16.3. The van der Waals surface area contributed by atoms with E-state index in [9.17, 15) is 19.8 Å². The van der Waals surface area contributed by atoms with E-state index in [4.69, 9.17) is 4.74 Å². The van der Waals surface area contributed by atoms with Crippen LogP contribution in [0.4, 0.5) is 0 Å². The highest BCUT2D eigenvalue weighted by atomic mass is 16.5. The van der Waals surface area contributed by atoms with Gasteiger partial charge in [-0.15, -0.1) is 0 Å². The Kier molecular flexibility index (Phi) is 14.3. The quantitative estimate of drug-likeness (QED) is 0.153. The molecule has 0 radical (unpaired) electrons. The number of hydrogen-bond acceptors (Lipinski definition) is 5. The van der Waals surface area contributed by atoms with Gasteiger partial charge in [-0.2, -0.15) is 0 Å². The Morgan fingerprint density at radius 3 is 1.66 bits per heavy atom. The van der Waals surface area contributed by atoms with E-state index in [0.717, 1.165) is 90.3 Å². The molecule has 0 aromatic carbocycles. The summed E-state index contributed by atoms with van der Waals surface area (Å²) in [6, 6.07) is 0. The minimum Gasteiger partial charge on any atom is -0.493 e. The van der Waals surface area contributed by atoms with Gasteiger partial charge in [-0.25, -0.2) is 9.59 Å². The van der Waals surface area contributed by atoms with Gasteiger partial charge in [-0.3, -0.25) is 18.3 Å². The van der Waals surface area contributed by atoms with Crippen molar-refractivity contribution in [2.24, 2.45) is 5.41 Å². The van der Waals surface area contributed by atoms with E-state index < -0.39 is 0 Å². The molecule has 0 spiro atoms. The van der Waals surface area contributed by atoms with Crippen LogP contribution in [0.2, 0.25) is 0 Å². The fourth-order valence-corrected chi connectivity index (χ4v) is 6.45. The second-order valence-electron chi connectivity index (χ2n) is 11.7. The van der Waals surface area contributed by atoms with Gasteiger partial charge < -0.3 is 14.9 Å². The van der Waals surface area contributed by atoms with Crippen LogP contribution < -0.4 is 11.4 Å². The van der Waals surface area contributed by atoms with Crippen molar-refractivity contribution in [2.75, 3.05) is 13.2 Å². The number of aryl methyl sites for hydroxylation is 2. The van der Waals surface area contributed by atoms with Gasteiger partial charge in [-0.1, -0.05) is 53.4 Å². The van der Waals surface area contributed by atoms with E-state index in [1.54, 1.807) is 19.9 Å². The van der Waals surface area contributed by atoms with E-state index in [-0.39, 0.29) is 28.7 Å². The summed E-state index contributed by atoms with van der Waals surface area (Å²) < 4.78 is 12.2. The summed E-state index contributed by atoms with van der Waals surface area (Å²) in [5, 5.41) is 20.6. The summed E-state index contributed by atoms with van der Waals surface area (Å²) in [4.78, 5) is 25.1. The van der Waals surface area contributed by atoms with Crippen LogP contribution in [0.5, 0.6) is 11.8 Å². The van der Waals surface area contributed by atoms with Gasteiger partial charge in [0.15, 0.2) is 0 Å². The Bertz CT molecular complexity index is 1130. The number of hydrogen-bond donors (Lipinski definition) is 2. The molecule has 9 heteroatoms. The second kappa shape index (κ2) is 16.9. The van der Waals surface area contributed by atoms with Crippen LogP contribution in [0.15, 0.2) is 22.0 Å². The molecule has 0 fully saturated rings. The third kappa shape index (κ3) is 8.79. The first kappa shape index (κ1) is 34.8. The number of nitrogens with zero attached hydrogens (tertiary/aromatic N) is 4. The standard InChI is InChI=1S/C32H58N4O5/c1-7-31(8-2,19-13-16-22-35-27(37)25-33(11-5)29(35)39)20-14-17-23-41-24-18-15-21-32(9-3,10-4)36-28(38)26-34(12-6)30(36)40/h25-26,37-38H,7-24H2,1-6H3. The van der Waals surface area contributed by atoms with Crippen LogP contribution in [0.3, 0.4) is 0 Å². The number of aromatic nitrogens is 4. The Balaban J connectivity index is 1.70. The number of ether oxygens (including phenoxy) is 1. The molecule has 0 aliphatic carbocycles. The zero-order valence-corrected chi connectivity index (χ0v) is 26.8. The van der Waals surface area contributed by atoms with Gasteiger partial charge in [-0.05, 0) is 77.0 Å². The Labute approximate surface area is 247 Å². The van der Waals surface area contributed by atoms with Gasteiger partial charge in [0.2, 0.25) is 11.8 Å². The molecule has 0 unspecified atom stereocenters. The van der Waals surface area contributed by atoms with E-state index in [1.807, 2.05) is 13.8 Å². The van der Waals surface area contributed by atoms with Crippen molar-refractivity contribution in [3.63, 3.8) is 0 Å². The van der Waals surface area contributed by atoms with Crippen LogP contribution in [0, 0.1) is 5.41 Å². The molecular weight excluding hydrogens is 520 g/mol. The lowest BCUT2D eigenvalue weighted by Crippen LogP contribution is -2.40. The fraction of sp³-hybridized carbons (Fsp3) is 0.812. The molecule has 2 heterocycles. The lowest BCUT2D eigenvalue weighted by Gasteiger charge is -2.33. The van der Waals surface area contributed by atoms with E-state index in [0.29, 0.717) is 25.0 Å². The molecule has 0 aliphatic heterocycles. The second-order valence-corrected chi connectivity index (χ2v) is 11.7. The SMILES string of the molecule is CCn1cc(O)n(CCCCC(CC)(CC)CCCCOCCCCC(CC)(CC)n2c(O)cn(CC)c2=O)c1=O. The zero-order chi connectivity index (χ0) is 30.5. The first-order chi connectivity index (χ1) is 19.7. The summed E-state index contributed by atoms with van der Waals surface area (Å²) in [6.45, 7) is 15.8. The van der Waals surface area contributed by atoms with Gasteiger partial charge >= 0.3 is 11.4 Å². The largest absolute Gasteiger partial charge is 0.493 e. The highest BCUT2D eigenvalue weighted by molar-refractivity contribution is 5.10.